The van der Waals surface area contributed by atoms with E-state index >= 15 is 0 Å². The van der Waals surface area contributed by atoms with E-state index in [1.807, 2.05) is 11.3 Å². The molecule has 18 heavy (non-hydrogen) atoms. The first-order valence-corrected chi connectivity index (χ1v) is 7.35. The van der Waals surface area contributed by atoms with Gasteiger partial charge in [0.05, 0.1) is 0 Å². The molecule has 0 fully saturated rings. The summed E-state index contributed by atoms with van der Waals surface area (Å²) in [6.45, 7) is 4.33. The molecule has 0 aliphatic rings. The molecule has 1 aromatic heterocycles. The SMILES string of the molecule is Cc1cc(C(N)CCCc2ccccc2)sc1C. The van der Waals surface area contributed by atoms with Crippen molar-refractivity contribution in [2.75, 3.05) is 0 Å². The van der Waals surface area contributed by atoms with Crippen molar-refractivity contribution in [2.45, 2.75) is 39.2 Å². The molecule has 1 atom stereocenters. The van der Waals surface area contributed by atoms with Crippen molar-refractivity contribution in [3.63, 3.8) is 0 Å². The average Bonchev–Trinajstić information content (AvgIpc) is 2.71. The lowest BCUT2D eigenvalue weighted by Gasteiger charge is -2.09. The molecule has 0 radical (unpaired) electrons. The third-order valence-electron chi connectivity index (χ3n) is 3.37. The zero-order valence-electron chi connectivity index (χ0n) is 11.1. The van der Waals surface area contributed by atoms with Gasteiger partial charge in [-0.05, 0) is 50.3 Å². The van der Waals surface area contributed by atoms with E-state index in [-0.39, 0.29) is 6.04 Å². The molecule has 1 heterocycles. The molecular weight excluding hydrogens is 238 g/mol. The average molecular weight is 259 g/mol. The van der Waals surface area contributed by atoms with Crippen molar-refractivity contribution >= 4 is 11.3 Å². The molecule has 0 amide bonds. The Morgan fingerprint density at radius 3 is 2.50 bits per heavy atom. The molecule has 0 aliphatic carbocycles. The maximum absolute atomic E-state index is 6.25. The second kappa shape index (κ2) is 6.17. The highest BCUT2D eigenvalue weighted by Crippen LogP contribution is 2.27. The van der Waals surface area contributed by atoms with Gasteiger partial charge in [-0.15, -0.1) is 11.3 Å². The lowest BCUT2D eigenvalue weighted by molar-refractivity contribution is 0.619. The van der Waals surface area contributed by atoms with E-state index in [0.29, 0.717) is 0 Å². The van der Waals surface area contributed by atoms with Gasteiger partial charge in [0.25, 0.3) is 0 Å². The monoisotopic (exact) mass is 259 g/mol. The number of benzene rings is 1. The fourth-order valence-electron chi connectivity index (χ4n) is 2.10. The molecule has 2 N–H and O–H groups in total. The van der Waals surface area contributed by atoms with Crippen LogP contribution in [0.15, 0.2) is 36.4 Å². The molecule has 0 saturated carbocycles. The molecule has 1 unspecified atom stereocenters. The van der Waals surface area contributed by atoms with Crippen LogP contribution in [0.3, 0.4) is 0 Å². The summed E-state index contributed by atoms with van der Waals surface area (Å²) in [6, 6.07) is 13.1. The number of aryl methyl sites for hydroxylation is 3. The molecule has 1 aromatic carbocycles. The number of rotatable bonds is 5. The molecule has 0 bridgehead atoms. The van der Waals surface area contributed by atoms with Crippen molar-refractivity contribution < 1.29 is 0 Å². The summed E-state index contributed by atoms with van der Waals surface area (Å²) >= 11 is 1.84. The first-order chi connectivity index (χ1) is 8.66. The molecule has 0 saturated heterocycles. The number of hydrogen-bond donors (Lipinski definition) is 1. The summed E-state index contributed by atoms with van der Waals surface area (Å²) in [7, 11) is 0. The van der Waals surface area contributed by atoms with Crippen LogP contribution < -0.4 is 5.73 Å². The zero-order valence-corrected chi connectivity index (χ0v) is 12.0. The van der Waals surface area contributed by atoms with E-state index in [1.165, 1.54) is 20.9 Å². The Bertz CT molecular complexity index is 468. The lowest BCUT2D eigenvalue weighted by atomic mass is 10.0. The summed E-state index contributed by atoms with van der Waals surface area (Å²) in [6.07, 6.45) is 3.34. The van der Waals surface area contributed by atoms with E-state index in [2.05, 4.69) is 50.2 Å². The topological polar surface area (TPSA) is 26.0 Å². The third kappa shape index (κ3) is 3.44. The maximum atomic E-state index is 6.25. The Morgan fingerprint density at radius 2 is 1.89 bits per heavy atom. The van der Waals surface area contributed by atoms with Crippen LogP contribution in [0.4, 0.5) is 0 Å². The van der Waals surface area contributed by atoms with E-state index in [4.69, 9.17) is 5.73 Å². The Morgan fingerprint density at radius 1 is 1.17 bits per heavy atom. The molecular formula is C16H21NS. The fraction of sp³-hybridized carbons (Fsp3) is 0.375. The van der Waals surface area contributed by atoms with Crippen LogP contribution in [0.5, 0.6) is 0 Å². The van der Waals surface area contributed by atoms with Gasteiger partial charge in [0, 0.05) is 15.8 Å². The van der Waals surface area contributed by atoms with E-state index in [9.17, 15) is 0 Å². The summed E-state index contributed by atoms with van der Waals surface area (Å²) < 4.78 is 0. The fourth-order valence-corrected chi connectivity index (χ4v) is 3.18. The predicted molar refractivity (Wildman–Crippen MR) is 80.1 cm³/mol. The minimum atomic E-state index is 0.200. The smallest absolute Gasteiger partial charge is 0.0390 e. The largest absolute Gasteiger partial charge is 0.323 e. The van der Waals surface area contributed by atoms with Crippen LogP contribution in [-0.4, -0.2) is 0 Å². The minimum Gasteiger partial charge on any atom is -0.323 e. The highest BCUT2D eigenvalue weighted by Gasteiger charge is 2.10. The molecule has 0 aliphatic heterocycles. The van der Waals surface area contributed by atoms with Gasteiger partial charge in [-0.3, -0.25) is 0 Å². The quantitative estimate of drug-likeness (QED) is 0.847. The molecule has 2 heteroatoms. The standard InChI is InChI=1S/C16H21NS/c1-12-11-16(18-13(12)2)15(17)10-6-9-14-7-4-3-5-8-14/h3-5,7-8,11,15H,6,9-10,17H2,1-2H3. The van der Waals surface area contributed by atoms with Crippen molar-refractivity contribution in [1.82, 2.24) is 0 Å². The van der Waals surface area contributed by atoms with Crippen molar-refractivity contribution in [3.8, 4) is 0 Å². The first kappa shape index (κ1) is 13.3. The normalized spacial score (nSPS) is 12.6. The highest BCUT2D eigenvalue weighted by atomic mass is 32.1. The molecule has 0 spiro atoms. The second-order valence-electron chi connectivity index (χ2n) is 4.87. The van der Waals surface area contributed by atoms with Crippen LogP contribution in [0.25, 0.3) is 0 Å². The van der Waals surface area contributed by atoms with Crippen molar-refractivity contribution in [1.29, 1.82) is 0 Å². The second-order valence-corrected chi connectivity index (χ2v) is 6.16. The van der Waals surface area contributed by atoms with Gasteiger partial charge >= 0.3 is 0 Å². The predicted octanol–water partition coefficient (Wildman–Crippen LogP) is 4.39. The molecule has 2 rings (SSSR count). The lowest BCUT2D eigenvalue weighted by Crippen LogP contribution is -2.08. The van der Waals surface area contributed by atoms with E-state index in [1.54, 1.807) is 0 Å². The molecule has 96 valence electrons. The van der Waals surface area contributed by atoms with Gasteiger partial charge in [-0.1, -0.05) is 30.3 Å². The Hall–Kier alpha value is -1.12. The summed E-state index contributed by atoms with van der Waals surface area (Å²) in [5.41, 5.74) is 9.03. The van der Waals surface area contributed by atoms with E-state index in [0.717, 1.165) is 19.3 Å². The van der Waals surface area contributed by atoms with Gasteiger partial charge in [0.2, 0.25) is 0 Å². The number of nitrogens with two attached hydrogens (primary N) is 1. The van der Waals surface area contributed by atoms with Crippen LogP contribution in [0, 0.1) is 13.8 Å². The minimum absolute atomic E-state index is 0.200. The van der Waals surface area contributed by atoms with E-state index < -0.39 is 0 Å². The molecule has 1 nitrogen and oxygen atoms in total. The molecule has 2 aromatic rings. The summed E-state index contributed by atoms with van der Waals surface area (Å²) in [4.78, 5) is 2.72. The zero-order chi connectivity index (χ0) is 13.0. The Kier molecular flexibility index (Phi) is 4.56. The van der Waals surface area contributed by atoms with Gasteiger partial charge in [0.1, 0.15) is 0 Å². The Balaban J connectivity index is 1.83. The van der Waals surface area contributed by atoms with Crippen LogP contribution >= 0.6 is 11.3 Å². The van der Waals surface area contributed by atoms with Crippen molar-refractivity contribution in [2.24, 2.45) is 5.73 Å². The van der Waals surface area contributed by atoms with Gasteiger partial charge < -0.3 is 5.73 Å². The summed E-state index contributed by atoms with van der Waals surface area (Å²) in [5.74, 6) is 0. The van der Waals surface area contributed by atoms with Crippen LogP contribution in [0.1, 0.15) is 39.8 Å². The summed E-state index contributed by atoms with van der Waals surface area (Å²) in [5, 5.41) is 0. The number of thiophene rings is 1. The number of hydrogen-bond acceptors (Lipinski definition) is 2. The first-order valence-electron chi connectivity index (χ1n) is 6.53. The van der Waals surface area contributed by atoms with Gasteiger partial charge in [0.15, 0.2) is 0 Å². The van der Waals surface area contributed by atoms with Gasteiger partial charge in [-0.2, -0.15) is 0 Å². The Labute approximate surface area is 114 Å². The maximum Gasteiger partial charge on any atom is 0.0390 e. The van der Waals surface area contributed by atoms with Crippen LogP contribution in [-0.2, 0) is 6.42 Å². The van der Waals surface area contributed by atoms with Crippen LogP contribution in [0.2, 0.25) is 0 Å². The highest BCUT2D eigenvalue weighted by molar-refractivity contribution is 7.12. The third-order valence-corrected chi connectivity index (χ3v) is 4.66. The van der Waals surface area contributed by atoms with Crippen molar-refractivity contribution in [3.05, 3.63) is 57.3 Å². The van der Waals surface area contributed by atoms with Gasteiger partial charge in [-0.25, -0.2) is 0 Å².